The maximum atomic E-state index is 5.74. The van der Waals surface area contributed by atoms with Crippen molar-refractivity contribution in [1.29, 1.82) is 0 Å². The highest BCUT2D eigenvalue weighted by atomic mass is 32.1. The number of rotatable bonds is 6. The fourth-order valence-corrected chi connectivity index (χ4v) is 3.03. The molecule has 0 bridgehead atoms. The van der Waals surface area contributed by atoms with Crippen LogP contribution in [0.15, 0.2) is 35.7 Å². The minimum absolute atomic E-state index is 0.365. The number of benzene rings is 1. The van der Waals surface area contributed by atoms with Crippen LogP contribution < -0.4 is 10.5 Å². The van der Waals surface area contributed by atoms with E-state index in [1.165, 1.54) is 10.4 Å². The van der Waals surface area contributed by atoms with Gasteiger partial charge >= 0.3 is 0 Å². The summed E-state index contributed by atoms with van der Waals surface area (Å²) in [6, 6.07) is 10.2. The monoisotopic (exact) mass is 306 g/mol. The highest BCUT2D eigenvalue weighted by Crippen LogP contribution is 2.21. The Morgan fingerprint density at radius 1 is 1.35 bits per heavy atom. The molecule has 3 nitrogen and oxygen atoms in total. The number of ether oxygens (including phenoxy) is 1. The fourth-order valence-electron chi connectivity index (χ4n) is 2.08. The second-order valence-electron chi connectivity index (χ2n) is 4.65. The topological polar surface area (TPSA) is 38.5 Å². The summed E-state index contributed by atoms with van der Waals surface area (Å²) in [5.74, 6) is 0.724. The Morgan fingerprint density at radius 2 is 2.15 bits per heavy atom. The van der Waals surface area contributed by atoms with Gasteiger partial charge < -0.3 is 10.5 Å². The molecule has 0 amide bonds. The molecule has 1 aromatic carbocycles. The average Bonchev–Trinajstić information content (AvgIpc) is 2.91. The lowest BCUT2D eigenvalue weighted by Crippen LogP contribution is -2.17. The number of nitrogens with two attached hydrogens (primary N) is 1. The second kappa shape index (κ2) is 6.83. The van der Waals surface area contributed by atoms with Crippen molar-refractivity contribution in [3.8, 4) is 5.75 Å². The highest BCUT2D eigenvalue weighted by molar-refractivity contribution is 7.80. The van der Waals surface area contributed by atoms with E-state index < -0.39 is 0 Å². The third-order valence-electron chi connectivity index (χ3n) is 2.99. The van der Waals surface area contributed by atoms with E-state index in [9.17, 15) is 0 Å². The Labute approximate surface area is 129 Å². The van der Waals surface area contributed by atoms with Crippen LogP contribution in [0, 0.1) is 0 Å². The number of thiocarbonyl (C=S) groups is 1. The van der Waals surface area contributed by atoms with E-state index in [1.807, 2.05) is 18.2 Å². The molecule has 0 aliphatic carbocycles. The molecule has 5 heteroatoms. The molecule has 0 atom stereocenters. The molecule has 1 heterocycles. The zero-order valence-corrected chi connectivity index (χ0v) is 13.3. The second-order valence-corrected chi connectivity index (χ2v) is 6.12. The van der Waals surface area contributed by atoms with Gasteiger partial charge in [-0.15, -0.1) is 11.3 Å². The summed E-state index contributed by atoms with van der Waals surface area (Å²) < 4.78 is 5.27. The van der Waals surface area contributed by atoms with Gasteiger partial charge in [0.1, 0.15) is 10.7 Å². The molecule has 2 rings (SSSR count). The minimum Gasteiger partial charge on any atom is -0.496 e. The number of nitrogens with zero attached hydrogens (tertiary/aromatic N) is 1. The van der Waals surface area contributed by atoms with Crippen molar-refractivity contribution in [2.45, 2.75) is 13.1 Å². The molecule has 106 valence electrons. The molecule has 0 saturated heterocycles. The lowest BCUT2D eigenvalue weighted by Gasteiger charge is -2.17. The standard InChI is InChI=1S/C15H18N2OS2/c1-17(10-12-4-3-7-20-12)9-11-5-6-14(18-2)13(8-11)15(16)19/h3-8H,9-10H2,1-2H3,(H2,16,19). The summed E-state index contributed by atoms with van der Waals surface area (Å²) in [4.78, 5) is 3.98. The van der Waals surface area contributed by atoms with E-state index in [1.54, 1.807) is 18.4 Å². The fraction of sp³-hybridized carbons (Fsp3) is 0.267. The van der Waals surface area contributed by atoms with E-state index in [4.69, 9.17) is 22.7 Å². The van der Waals surface area contributed by atoms with Crippen LogP contribution in [0.25, 0.3) is 0 Å². The molecule has 0 saturated carbocycles. The van der Waals surface area contributed by atoms with E-state index in [0.29, 0.717) is 4.99 Å². The van der Waals surface area contributed by atoms with Crippen LogP contribution in [0.2, 0.25) is 0 Å². The van der Waals surface area contributed by atoms with E-state index in [2.05, 4.69) is 29.5 Å². The first-order valence-corrected chi connectivity index (χ1v) is 7.56. The Morgan fingerprint density at radius 3 is 2.75 bits per heavy atom. The molecule has 0 unspecified atom stereocenters. The van der Waals surface area contributed by atoms with Crippen molar-refractivity contribution >= 4 is 28.5 Å². The maximum absolute atomic E-state index is 5.74. The molecule has 0 aliphatic rings. The van der Waals surface area contributed by atoms with Crippen molar-refractivity contribution in [2.75, 3.05) is 14.2 Å². The van der Waals surface area contributed by atoms with Gasteiger partial charge in [0.25, 0.3) is 0 Å². The smallest absolute Gasteiger partial charge is 0.129 e. The predicted molar refractivity (Wildman–Crippen MR) is 88.4 cm³/mol. The number of thiophene rings is 1. The Kier molecular flexibility index (Phi) is 5.11. The summed E-state index contributed by atoms with van der Waals surface area (Å²) in [5, 5.41) is 2.10. The van der Waals surface area contributed by atoms with Crippen molar-refractivity contribution in [1.82, 2.24) is 4.90 Å². The number of methoxy groups -OCH3 is 1. The van der Waals surface area contributed by atoms with Gasteiger partial charge in [-0.25, -0.2) is 0 Å². The molecule has 1 aromatic heterocycles. The summed E-state index contributed by atoms with van der Waals surface area (Å²) in [6.07, 6.45) is 0. The summed E-state index contributed by atoms with van der Waals surface area (Å²) >= 11 is 6.84. The van der Waals surface area contributed by atoms with Gasteiger partial charge in [0.15, 0.2) is 0 Å². The first-order chi connectivity index (χ1) is 9.60. The van der Waals surface area contributed by atoms with Gasteiger partial charge in [0.05, 0.1) is 12.7 Å². The van der Waals surface area contributed by atoms with Crippen LogP contribution >= 0.6 is 23.6 Å². The molecular weight excluding hydrogens is 288 g/mol. The molecule has 0 spiro atoms. The summed E-state index contributed by atoms with van der Waals surface area (Å²) in [6.45, 7) is 1.78. The van der Waals surface area contributed by atoms with Crippen LogP contribution in [0.1, 0.15) is 16.0 Å². The van der Waals surface area contributed by atoms with E-state index >= 15 is 0 Å². The zero-order chi connectivity index (χ0) is 14.5. The number of hydrogen-bond donors (Lipinski definition) is 1. The lowest BCUT2D eigenvalue weighted by molar-refractivity contribution is 0.321. The molecule has 0 fully saturated rings. The minimum atomic E-state index is 0.365. The summed E-state index contributed by atoms with van der Waals surface area (Å²) in [5.41, 5.74) is 7.71. The van der Waals surface area contributed by atoms with Crippen LogP contribution in [0.3, 0.4) is 0 Å². The van der Waals surface area contributed by atoms with Crippen molar-refractivity contribution in [3.05, 3.63) is 51.7 Å². The Hall–Kier alpha value is -1.43. The first kappa shape index (κ1) is 15.0. The van der Waals surface area contributed by atoms with Crippen LogP contribution in [-0.4, -0.2) is 24.0 Å². The average molecular weight is 306 g/mol. The zero-order valence-electron chi connectivity index (χ0n) is 11.6. The van der Waals surface area contributed by atoms with Gasteiger partial charge in [-0.05, 0) is 36.2 Å². The number of hydrogen-bond acceptors (Lipinski definition) is 4. The summed E-state index contributed by atoms with van der Waals surface area (Å²) in [7, 11) is 3.73. The molecule has 0 aliphatic heterocycles. The van der Waals surface area contributed by atoms with Crippen molar-refractivity contribution in [2.24, 2.45) is 5.73 Å². The first-order valence-electron chi connectivity index (χ1n) is 6.28. The molecule has 0 radical (unpaired) electrons. The van der Waals surface area contributed by atoms with E-state index in [-0.39, 0.29) is 0 Å². The van der Waals surface area contributed by atoms with Crippen molar-refractivity contribution < 1.29 is 4.74 Å². The largest absolute Gasteiger partial charge is 0.496 e. The third-order valence-corrected chi connectivity index (χ3v) is 4.07. The van der Waals surface area contributed by atoms with Crippen molar-refractivity contribution in [3.63, 3.8) is 0 Å². The molecule has 2 aromatic rings. The molecule has 2 N–H and O–H groups in total. The molecule has 20 heavy (non-hydrogen) atoms. The van der Waals surface area contributed by atoms with Gasteiger partial charge in [-0.1, -0.05) is 24.4 Å². The van der Waals surface area contributed by atoms with Crippen LogP contribution in [-0.2, 0) is 13.1 Å². The van der Waals surface area contributed by atoms with Gasteiger partial charge in [0.2, 0.25) is 0 Å². The quantitative estimate of drug-likeness (QED) is 0.833. The third kappa shape index (κ3) is 3.79. The Balaban J connectivity index is 2.09. The highest BCUT2D eigenvalue weighted by Gasteiger charge is 2.09. The maximum Gasteiger partial charge on any atom is 0.129 e. The Bertz CT molecular complexity index is 582. The van der Waals surface area contributed by atoms with Gasteiger partial charge in [-0.2, -0.15) is 0 Å². The van der Waals surface area contributed by atoms with Gasteiger partial charge in [-0.3, -0.25) is 4.90 Å². The van der Waals surface area contributed by atoms with Gasteiger partial charge in [0, 0.05) is 18.0 Å². The SMILES string of the molecule is COc1ccc(CN(C)Cc2cccs2)cc1C(N)=S. The van der Waals surface area contributed by atoms with Crippen LogP contribution in [0.4, 0.5) is 0 Å². The predicted octanol–water partition coefficient (Wildman–Crippen LogP) is 3.02. The normalized spacial score (nSPS) is 10.8. The molecular formula is C15H18N2OS2. The van der Waals surface area contributed by atoms with E-state index in [0.717, 1.165) is 24.4 Å². The lowest BCUT2D eigenvalue weighted by atomic mass is 10.1. The van der Waals surface area contributed by atoms with Crippen LogP contribution in [0.5, 0.6) is 5.75 Å².